The van der Waals surface area contributed by atoms with Crippen molar-refractivity contribution in [3.8, 4) is 0 Å². The number of benzene rings is 1. The quantitative estimate of drug-likeness (QED) is 0.340. The molecule has 2 atom stereocenters. The molecule has 1 aromatic rings. The second-order valence-electron chi connectivity index (χ2n) is 8.00. The van der Waals surface area contributed by atoms with Crippen LogP contribution in [0, 0.1) is 5.92 Å². The van der Waals surface area contributed by atoms with Crippen LogP contribution in [0.2, 0.25) is 18.1 Å². The second-order valence-corrected chi connectivity index (χ2v) is 12.8. The predicted molar refractivity (Wildman–Crippen MR) is 103 cm³/mol. The van der Waals surface area contributed by atoms with E-state index in [0.717, 1.165) is 5.92 Å². The fourth-order valence-electron chi connectivity index (χ4n) is 4.60. The zero-order chi connectivity index (χ0) is 16.1. The molecule has 0 N–H and O–H groups in total. The summed E-state index contributed by atoms with van der Waals surface area (Å²) in [4.78, 5) is 0. The highest BCUT2D eigenvalue weighted by Crippen LogP contribution is 2.70. The molecule has 2 rings (SSSR count). The summed E-state index contributed by atoms with van der Waals surface area (Å²) < 4.78 is 0. The van der Waals surface area contributed by atoms with Crippen LogP contribution < -0.4 is 5.19 Å². The highest BCUT2D eigenvalue weighted by molar-refractivity contribution is 6.93. The van der Waals surface area contributed by atoms with E-state index < -0.39 is 8.07 Å². The molecule has 0 amide bonds. The minimum Gasteiger partial charge on any atom is -0.0654 e. The second kappa shape index (κ2) is 7.81. The Morgan fingerprint density at radius 1 is 0.955 bits per heavy atom. The van der Waals surface area contributed by atoms with Gasteiger partial charge in [0.2, 0.25) is 0 Å². The van der Waals surface area contributed by atoms with Crippen LogP contribution >= 0.6 is 0 Å². The number of hydrogen-bond donors (Lipinski definition) is 0. The summed E-state index contributed by atoms with van der Waals surface area (Å²) in [5.41, 5.74) is 0. The summed E-state index contributed by atoms with van der Waals surface area (Å²) >= 11 is 0. The van der Waals surface area contributed by atoms with E-state index in [1.807, 2.05) is 0 Å². The minimum absolute atomic E-state index is 0.705. The van der Waals surface area contributed by atoms with E-state index in [0.29, 0.717) is 5.04 Å². The molecule has 124 valence electrons. The Balaban J connectivity index is 2.07. The van der Waals surface area contributed by atoms with E-state index in [4.69, 9.17) is 0 Å². The smallest absolute Gasteiger partial charge is 0.0654 e. The molecule has 1 aliphatic rings. The van der Waals surface area contributed by atoms with Gasteiger partial charge in [-0.3, -0.25) is 0 Å². The first-order valence-electron chi connectivity index (χ1n) is 9.64. The topological polar surface area (TPSA) is 0 Å². The van der Waals surface area contributed by atoms with Crippen LogP contribution in [-0.2, 0) is 0 Å². The van der Waals surface area contributed by atoms with Crippen molar-refractivity contribution in [3.05, 3.63) is 30.3 Å². The van der Waals surface area contributed by atoms with Crippen LogP contribution in [0.25, 0.3) is 0 Å². The van der Waals surface area contributed by atoms with Gasteiger partial charge in [-0.15, -0.1) is 0 Å². The molecule has 0 aromatic heterocycles. The molecule has 0 heterocycles. The Labute approximate surface area is 139 Å². The average Bonchev–Trinajstić information content (AvgIpc) is 3.26. The molecule has 1 saturated carbocycles. The van der Waals surface area contributed by atoms with Gasteiger partial charge in [-0.1, -0.05) is 107 Å². The number of rotatable bonds is 10. The zero-order valence-corrected chi connectivity index (χ0v) is 16.3. The van der Waals surface area contributed by atoms with E-state index in [1.54, 1.807) is 5.19 Å². The van der Waals surface area contributed by atoms with E-state index in [1.165, 1.54) is 57.8 Å². The Morgan fingerprint density at radius 3 is 2.27 bits per heavy atom. The molecule has 1 aromatic carbocycles. The van der Waals surface area contributed by atoms with E-state index >= 15 is 0 Å². The van der Waals surface area contributed by atoms with Gasteiger partial charge < -0.3 is 0 Å². The summed E-state index contributed by atoms with van der Waals surface area (Å²) in [7, 11) is -1.36. The molecule has 1 heteroatoms. The monoisotopic (exact) mass is 316 g/mol. The van der Waals surface area contributed by atoms with Crippen LogP contribution in [0.4, 0.5) is 0 Å². The highest BCUT2D eigenvalue weighted by Gasteiger charge is 2.62. The minimum atomic E-state index is -1.36. The van der Waals surface area contributed by atoms with Crippen LogP contribution in [0.3, 0.4) is 0 Å². The molecule has 0 spiro atoms. The normalized spacial score (nSPS) is 24.5. The summed E-state index contributed by atoms with van der Waals surface area (Å²) in [6.45, 7) is 9.95. The number of hydrogen-bond acceptors (Lipinski definition) is 0. The third-order valence-corrected chi connectivity index (χ3v) is 11.5. The molecule has 1 aliphatic carbocycles. The molecular formula is C21H36Si. The molecule has 0 saturated heterocycles. The summed E-state index contributed by atoms with van der Waals surface area (Å²) in [6, 6.07) is 11.5. The van der Waals surface area contributed by atoms with Gasteiger partial charge in [0.1, 0.15) is 0 Å². The predicted octanol–water partition coefficient (Wildman–Crippen LogP) is 6.52. The van der Waals surface area contributed by atoms with Crippen molar-refractivity contribution in [2.24, 2.45) is 5.92 Å². The van der Waals surface area contributed by atoms with Crippen molar-refractivity contribution in [1.82, 2.24) is 0 Å². The van der Waals surface area contributed by atoms with Crippen molar-refractivity contribution >= 4 is 13.3 Å². The van der Waals surface area contributed by atoms with E-state index in [-0.39, 0.29) is 0 Å². The van der Waals surface area contributed by atoms with Gasteiger partial charge in [-0.2, -0.15) is 0 Å². The summed E-state index contributed by atoms with van der Waals surface area (Å²) in [6.07, 6.45) is 13.0. The molecule has 1 unspecified atom stereocenters. The maximum Gasteiger partial charge on any atom is 0.0870 e. The Hall–Kier alpha value is -0.563. The standard InChI is InChI=1S/C21H36Si/c1-5-7-9-11-14-19-18-21(19,17-8-6-2)22(3,4)20-15-12-10-13-16-20/h10,12-13,15-16,19H,5-9,11,14,17-18H2,1-4H3/t19?,21-/m0/s1. The van der Waals surface area contributed by atoms with Gasteiger partial charge in [0.25, 0.3) is 0 Å². The van der Waals surface area contributed by atoms with Crippen LogP contribution in [0.1, 0.15) is 71.6 Å². The zero-order valence-electron chi connectivity index (χ0n) is 15.3. The molecule has 1 fully saturated rings. The fraction of sp³-hybridized carbons (Fsp3) is 0.714. The van der Waals surface area contributed by atoms with Gasteiger partial charge in [0.05, 0.1) is 8.07 Å². The first-order chi connectivity index (χ1) is 10.6. The van der Waals surface area contributed by atoms with Crippen molar-refractivity contribution in [2.45, 2.75) is 89.8 Å². The first-order valence-corrected chi connectivity index (χ1v) is 12.6. The van der Waals surface area contributed by atoms with Crippen molar-refractivity contribution in [3.63, 3.8) is 0 Å². The van der Waals surface area contributed by atoms with Crippen molar-refractivity contribution < 1.29 is 0 Å². The van der Waals surface area contributed by atoms with Crippen LogP contribution in [0.5, 0.6) is 0 Å². The molecule has 0 bridgehead atoms. The van der Waals surface area contributed by atoms with Crippen LogP contribution in [-0.4, -0.2) is 8.07 Å². The largest absolute Gasteiger partial charge is 0.0870 e. The Morgan fingerprint density at radius 2 is 1.64 bits per heavy atom. The SMILES string of the molecule is CCCCCCC1C[C@]1(CCCC)[Si](C)(C)c1ccccc1. The maximum atomic E-state index is 2.64. The van der Waals surface area contributed by atoms with Gasteiger partial charge >= 0.3 is 0 Å². The van der Waals surface area contributed by atoms with Gasteiger partial charge in [0.15, 0.2) is 0 Å². The van der Waals surface area contributed by atoms with E-state index in [9.17, 15) is 0 Å². The third-order valence-electron chi connectivity index (χ3n) is 6.35. The van der Waals surface area contributed by atoms with E-state index in [2.05, 4.69) is 57.3 Å². The van der Waals surface area contributed by atoms with Crippen LogP contribution in [0.15, 0.2) is 30.3 Å². The first kappa shape index (κ1) is 17.8. The molecular weight excluding hydrogens is 280 g/mol. The van der Waals surface area contributed by atoms with Gasteiger partial charge in [0, 0.05) is 0 Å². The molecule has 0 radical (unpaired) electrons. The van der Waals surface area contributed by atoms with Crippen molar-refractivity contribution in [2.75, 3.05) is 0 Å². The maximum absolute atomic E-state index is 2.64. The fourth-order valence-corrected chi connectivity index (χ4v) is 8.92. The summed E-state index contributed by atoms with van der Waals surface area (Å²) in [5.74, 6) is 1.03. The summed E-state index contributed by atoms with van der Waals surface area (Å²) in [5, 5.41) is 2.39. The van der Waals surface area contributed by atoms with Crippen molar-refractivity contribution in [1.29, 1.82) is 0 Å². The lowest BCUT2D eigenvalue weighted by Gasteiger charge is -2.35. The Kier molecular flexibility index (Phi) is 6.32. The number of unbranched alkanes of at least 4 members (excludes halogenated alkanes) is 4. The van der Waals surface area contributed by atoms with Gasteiger partial charge in [-0.05, 0) is 23.8 Å². The Bertz CT molecular complexity index is 436. The molecule has 0 nitrogen and oxygen atoms in total. The average molecular weight is 317 g/mol. The third kappa shape index (κ3) is 3.67. The van der Waals surface area contributed by atoms with Gasteiger partial charge in [-0.25, -0.2) is 0 Å². The lowest BCUT2D eigenvalue weighted by Crippen LogP contribution is -2.48. The lowest BCUT2D eigenvalue weighted by molar-refractivity contribution is 0.541. The molecule has 0 aliphatic heterocycles. The highest BCUT2D eigenvalue weighted by atomic mass is 28.3. The lowest BCUT2D eigenvalue weighted by atomic mass is 10.1. The molecule has 22 heavy (non-hydrogen) atoms.